The predicted molar refractivity (Wildman–Crippen MR) is 92.8 cm³/mol. The van der Waals surface area contributed by atoms with Gasteiger partial charge in [0.25, 0.3) is 11.8 Å². The van der Waals surface area contributed by atoms with Gasteiger partial charge in [-0.2, -0.15) is 13.2 Å². The van der Waals surface area contributed by atoms with Crippen molar-refractivity contribution in [2.75, 3.05) is 11.9 Å². The van der Waals surface area contributed by atoms with Gasteiger partial charge < -0.3 is 15.4 Å². The van der Waals surface area contributed by atoms with Crippen molar-refractivity contribution in [3.8, 4) is 5.88 Å². The first kappa shape index (κ1) is 18.3. The second-order valence-corrected chi connectivity index (χ2v) is 6.88. The van der Waals surface area contributed by atoms with E-state index < -0.39 is 23.2 Å². The molecule has 2 N–H and O–H groups in total. The van der Waals surface area contributed by atoms with E-state index in [9.17, 15) is 22.8 Å². The molecule has 2 aromatic rings. The maximum Gasteiger partial charge on any atom is 0.416 e. The average Bonchev–Trinajstić information content (AvgIpc) is 2.63. The second-order valence-electron chi connectivity index (χ2n) is 6.88. The minimum atomic E-state index is -4.41. The minimum Gasteiger partial charge on any atom is -0.466 e. The molecule has 0 bridgehead atoms. The summed E-state index contributed by atoms with van der Waals surface area (Å²) in [6.07, 6.45) is -0.959. The summed E-state index contributed by atoms with van der Waals surface area (Å²) in [4.78, 5) is 28.2. The summed E-state index contributed by atoms with van der Waals surface area (Å²) in [5.41, 5.74) is -0.283. The Morgan fingerprint density at radius 3 is 2.54 bits per heavy atom. The van der Waals surface area contributed by atoms with Gasteiger partial charge in [-0.3, -0.25) is 9.59 Å². The molecule has 1 aromatic carbocycles. The normalized spacial score (nSPS) is 17.6. The molecule has 0 saturated heterocycles. The molecule has 1 fully saturated rings. The molecule has 0 unspecified atom stereocenters. The molecule has 4 rings (SSSR count). The number of anilines is 1. The van der Waals surface area contributed by atoms with Crippen LogP contribution in [0.5, 0.6) is 5.88 Å². The van der Waals surface area contributed by atoms with E-state index >= 15 is 0 Å². The lowest BCUT2D eigenvalue weighted by Gasteiger charge is -2.43. The summed E-state index contributed by atoms with van der Waals surface area (Å²) >= 11 is 0. The Morgan fingerprint density at radius 1 is 1.21 bits per heavy atom. The zero-order chi connectivity index (χ0) is 19.9. The van der Waals surface area contributed by atoms with E-state index in [2.05, 4.69) is 15.6 Å². The van der Waals surface area contributed by atoms with Crippen molar-refractivity contribution in [3.05, 3.63) is 53.2 Å². The number of alkyl halides is 3. The fraction of sp³-hybridized carbons (Fsp3) is 0.316. The largest absolute Gasteiger partial charge is 0.466 e. The zero-order valence-electron chi connectivity index (χ0n) is 14.6. The zero-order valence-corrected chi connectivity index (χ0v) is 14.6. The fourth-order valence-electron chi connectivity index (χ4n) is 3.39. The molecule has 1 saturated carbocycles. The number of amides is 2. The van der Waals surface area contributed by atoms with Crippen LogP contribution >= 0.6 is 0 Å². The monoisotopic (exact) mass is 391 g/mol. The van der Waals surface area contributed by atoms with Gasteiger partial charge in [0.05, 0.1) is 16.7 Å². The Morgan fingerprint density at radius 2 is 1.93 bits per heavy atom. The molecule has 6 nitrogen and oxygen atoms in total. The number of hydrogen-bond acceptors (Lipinski definition) is 4. The van der Waals surface area contributed by atoms with E-state index in [4.69, 9.17) is 4.74 Å². The Kier molecular flexibility index (Phi) is 4.24. The first-order valence-electron chi connectivity index (χ1n) is 8.70. The van der Waals surface area contributed by atoms with E-state index in [0.29, 0.717) is 24.1 Å². The second kappa shape index (κ2) is 6.50. The van der Waals surface area contributed by atoms with E-state index in [1.165, 1.54) is 24.4 Å². The average molecular weight is 391 g/mol. The van der Waals surface area contributed by atoms with Gasteiger partial charge >= 0.3 is 6.18 Å². The van der Waals surface area contributed by atoms with Gasteiger partial charge in [0.15, 0.2) is 6.61 Å². The van der Waals surface area contributed by atoms with E-state index in [1.54, 1.807) is 0 Å². The molecule has 146 valence electrons. The third kappa shape index (κ3) is 3.28. The molecule has 0 atom stereocenters. The molecular weight excluding hydrogens is 375 g/mol. The van der Waals surface area contributed by atoms with Crippen molar-refractivity contribution < 1.29 is 27.5 Å². The van der Waals surface area contributed by atoms with Gasteiger partial charge in [0, 0.05) is 6.20 Å². The smallest absolute Gasteiger partial charge is 0.416 e. The van der Waals surface area contributed by atoms with Crippen LogP contribution in [0.15, 0.2) is 36.5 Å². The van der Waals surface area contributed by atoms with Crippen molar-refractivity contribution in [1.29, 1.82) is 0 Å². The van der Waals surface area contributed by atoms with Crippen molar-refractivity contribution in [2.45, 2.75) is 31.0 Å². The maximum atomic E-state index is 12.8. The molecule has 2 aliphatic rings. The van der Waals surface area contributed by atoms with E-state index in [-0.39, 0.29) is 24.0 Å². The number of halogens is 3. The van der Waals surface area contributed by atoms with Crippen LogP contribution in [0.1, 0.15) is 40.7 Å². The van der Waals surface area contributed by atoms with Gasteiger partial charge in [0.2, 0.25) is 5.88 Å². The SMILES string of the molecule is O=C1COc2ncc(C(=O)NC3(c4ccc(C(F)(F)F)cc4)CCC3)cc2N1. The van der Waals surface area contributed by atoms with Crippen LogP contribution in [0.2, 0.25) is 0 Å². The predicted octanol–water partition coefficient (Wildman–Crippen LogP) is 3.24. The van der Waals surface area contributed by atoms with Crippen molar-refractivity contribution >= 4 is 17.5 Å². The number of fused-ring (bicyclic) bond motifs is 1. The molecular formula is C19H16F3N3O3. The van der Waals surface area contributed by atoms with Crippen molar-refractivity contribution in [2.24, 2.45) is 0 Å². The third-order valence-electron chi connectivity index (χ3n) is 5.05. The Labute approximate surface area is 158 Å². The third-order valence-corrected chi connectivity index (χ3v) is 5.05. The summed E-state index contributed by atoms with van der Waals surface area (Å²) < 4.78 is 43.5. The number of carbonyl (C=O) groups is 2. The number of nitrogens with one attached hydrogen (secondary N) is 2. The van der Waals surface area contributed by atoms with Gasteiger partial charge in [-0.05, 0) is 43.0 Å². The summed E-state index contributed by atoms with van der Waals surface area (Å²) in [7, 11) is 0. The van der Waals surface area contributed by atoms with Gasteiger partial charge in [-0.25, -0.2) is 4.98 Å². The van der Waals surface area contributed by atoms with Crippen LogP contribution in [0.4, 0.5) is 18.9 Å². The van der Waals surface area contributed by atoms with Crippen LogP contribution in [-0.2, 0) is 16.5 Å². The summed E-state index contributed by atoms with van der Waals surface area (Å²) in [6.45, 7) is -0.136. The molecule has 1 aromatic heterocycles. The minimum absolute atomic E-state index is 0.136. The number of carbonyl (C=O) groups excluding carboxylic acids is 2. The number of aromatic nitrogens is 1. The first-order chi connectivity index (χ1) is 13.3. The number of pyridine rings is 1. The molecule has 28 heavy (non-hydrogen) atoms. The Bertz CT molecular complexity index is 938. The van der Waals surface area contributed by atoms with Gasteiger partial charge in [0.1, 0.15) is 5.69 Å². The lowest BCUT2D eigenvalue weighted by molar-refractivity contribution is -0.137. The lowest BCUT2D eigenvalue weighted by Crippen LogP contribution is -2.50. The molecule has 0 radical (unpaired) electrons. The fourth-order valence-corrected chi connectivity index (χ4v) is 3.39. The molecule has 1 aliphatic heterocycles. The molecule has 2 amide bonds. The number of nitrogens with zero attached hydrogens (tertiary/aromatic N) is 1. The van der Waals surface area contributed by atoms with Crippen molar-refractivity contribution in [1.82, 2.24) is 10.3 Å². The highest BCUT2D eigenvalue weighted by atomic mass is 19.4. The molecule has 0 spiro atoms. The molecule has 9 heteroatoms. The Hall–Kier alpha value is -3.10. The molecule has 2 heterocycles. The summed E-state index contributed by atoms with van der Waals surface area (Å²) in [5, 5.41) is 5.51. The Balaban J connectivity index is 1.56. The number of hydrogen-bond donors (Lipinski definition) is 2. The standard InChI is InChI=1S/C19H16F3N3O3/c20-19(21,22)13-4-2-12(3-5-13)18(6-1-7-18)25-16(27)11-8-14-17(23-9-11)28-10-15(26)24-14/h2-5,8-9H,1,6-7,10H2,(H,24,26)(H,25,27). The van der Waals surface area contributed by atoms with Crippen LogP contribution in [0, 0.1) is 0 Å². The lowest BCUT2D eigenvalue weighted by atomic mass is 9.71. The van der Waals surface area contributed by atoms with Crippen LogP contribution in [0.3, 0.4) is 0 Å². The number of benzene rings is 1. The summed E-state index contributed by atoms with van der Waals surface area (Å²) in [5.74, 6) is -0.529. The topological polar surface area (TPSA) is 80.3 Å². The maximum absolute atomic E-state index is 12.8. The van der Waals surface area contributed by atoms with E-state index in [1.807, 2.05) is 0 Å². The van der Waals surface area contributed by atoms with Gasteiger partial charge in [-0.15, -0.1) is 0 Å². The van der Waals surface area contributed by atoms with Crippen LogP contribution in [0.25, 0.3) is 0 Å². The van der Waals surface area contributed by atoms with Gasteiger partial charge in [-0.1, -0.05) is 12.1 Å². The summed E-state index contributed by atoms with van der Waals surface area (Å²) in [6, 6.07) is 6.32. The first-order valence-corrected chi connectivity index (χ1v) is 8.70. The van der Waals surface area contributed by atoms with Crippen molar-refractivity contribution in [3.63, 3.8) is 0 Å². The number of ether oxygens (including phenoxy) is 1. The highest BCUT2D eigenvalue weighted by Crippen LogP contribution is 2.42. The van der Waals surface area contributed by atoms with E-state index in [0.717, 1.165) is 18.6 Å². The number of rotatable bonds is 3. The quantitative estimate of drug-likeness (QED) is 0.842. The highest BCUT2D eigenvalue weighted by molar-refractivity contribution is 5.99. The van der Waals surface area contributed by atoms with Crippen LogP contribution in [-0.4, -0.2) is 23.4 Å². The van der Waals surface area contributed by atoms with Crippen LogP contribution < -0.4 is 15.4 Å². The highest BCUT2D eigenvalue weighted by Gasteiger charge is 2.41. The molecule has 1 aliphatic carbocycles.